The van der Waals surface area contributed by atoms with Crippen LogP contribution in [0.5, 0.6) is 17.2 Å². The Kier molecular flexibility index (Phi) is 5.12. The lowest BCUT2D eigenvalue weighted by molar-refractivity contribution is -0.115. The zero-order valence-electron chi connectivity index (χ0n) is 12.2. The number of hydrogen-bond donors (Lipinski definition) is 2. The van der Waals surface area contributed by atoms with Gasteiger partial charge in [-0.1, -0.05) is 17.7 Å². The quantitative estimate of drug-likeness (QED) is 0.830. The molecular formula is C16H16ClNO4. The Morgan fingerprint density at radius 3 is 2.64 bits per heavy atom. The average molecular weight is 322 g/mol. The Bertz CT molecular complexity index is 688. The summed E-state index contributed by atoms with van der Waals surface area (Å²) in [6.07, 6.45) is 0.0964. The Morgan fingerprint density at radius 2 is 1.95 bits per heavy atom. The van der Waals surface area contributed by atoms with Gasteiger partial charge in [0.1, 0.15) is 17.2 Å². The number of methoxy groups -OCH3 is 2. The minimum Gasteiger partial charge on any atom is -0.506 e. The number of carbonyl (C=O) groups excluding carboxylic acids is 1. The van der Waals surface area contributed by atoms with Crippen molar-refractivity contribution in [3.05, 3.63) is 47.0 Å². The van der Waals surface area contributed by atoms with E-state index in [1.165, 1.54) is 19.2 Å². The molecule has 0 aliphatic heterocycles. The van der Waals surface area contributed by atoms with Gasteiger partial charge in [0, 0.05) is 16.7 Å². The van der Waals surface area contributed by atoms with Crippen LogP contribution in [0.1, 0.15) is 5.56 Å². The number of halogens is 1. The average Bonchev–Trinajstić information content (AvgIpc) is 2.51. The van der Waals surface area contributed by atoms with Crippen molar-refractivity contribution in [2.45, 2.75) is 6.42 Å². The van der Waals surface area contributed by atoms with Crippen molar-refractivity contribution in [2.75, 3.05) is 19.5 Å². The molecule has 2 N–H and O–H groups in total. The minimum absolute atomic E-state index is 0.0422. The van der Waals surface area contributed by atoms with Gasteiger partial charge in [-0.3, -0.25) is 4.79 Å². The van der Waals surface area contributed by atoms with Gasteiger partial charge in [-0.15, -0.1) is 0 Å². The zero-order valence-corrected chi connectivity index (χ0v) is 13.0. The molecule has 6 heteroatoms. The van der Waals surface area contributed by atoms with Crippen LogP contribution in [-0.4, -0.2) is 25.2 Å². The molecule has 0 saturated heterocycles. The largest absolute Gasteiger partial charge is 0.506 e. The number of phenols is 1. The van der Waals surface area contributed by atoms with Gasteiger partial charge < -0.3 is 19.9 Å². The summed E-state index contributed by atoms with van der Waals surface area (Å²) in [5.41, 5.74) is 0.979. The number of amides is 1. The molecule has 0 aliphatic rings. The van der Waals surface area contributed by atoms with E-state index in [1.807, 2.05) is 0 Å². The van der Waals surface area contributed by atoms with Gasteiger partial charge in [-0.05, 0) is 24.3 Å². The Labute approximate surface area is 133 Å². The Hall–Kier alpha value is -2.40. The highest BCUT2D eigenvalue weighted by Crippen LogP contribution is 2.28. The first-order chi connectivity index (χ1) is 10.5. The van der Waals surface area contributed by atoms with Crippen molar-refractivity contribution in [2.24, 2.45) is 0 Å². The summed E-state index contributed by atoms with van der Waals surface area (Å²) in [4.78, 5) is 12.1. The summed E-state index contributed by atoms with van der Waals surface area (Å²) < 4.78 is 10.4. The lowest BCUT2D eigenvalue weighted by Crippen LogP contribution is -2.15. The van der Waals surface area contributed by atoms with Gasteiger partial charge in [0.15, 0.2) is 0 Å². The van der Waals surface area contributed by atoms with E-state index in [1.54, 1.807) is 31.4 Å². The Morgan fingerprint density at radius 1 is 1.18 bits per heavy atom. The monoisotopic (exact) mass is 321 g/mol. The molecule has 2 aromatic rings. The number of phenolic OH excluding ortho intramolecular Hbond substituents is 1. The third-order valence-electron chi connectivity index (χ3n) is 3.08. The molecule has 0 spiro atoms. The number of nitrogens with one attached hydrogen (secondary N) is 1. The molecule has 0 saturated carbocycles. The van der Waals surface area contributed by atoms with Crippen molar-refractivity contribution in [1.29, 1.82) is 0 Å². The second kappa shape index (κ2) is 7.04. The molecule has 0 unspecified atom stereocenters. The van der Waals surface area contributed by atoms with Crippen LogP contribution in [0.15, 0.2) is 36.4 Å². The van der Waals surface area contributed by atoms with Gasteiger partial charge in [-0.2, -0.15) is 0 Å². The summed E-state index contributed by atoms with van der Waals surface area (Å²) in [6.45, 7) is 0. The van der Waals surface area contributed by atoms with Crippen LogP contribution in [0.4, 0.5) is 5.69 Å². The molecule has 0 fully saturated rings. The number of ether oxygens (including phenoxy) is 2. The first-order valence-corrected chi connectivity index (χ1v) is 6.90. The number of benzene rings is 2. The molecule has 116 valence electrons. The smallest absolute Gasteiger partial charge is 0.229 e. The highest BCUT2D eigenvalue weighted by atomic mass is 35.5. The van der Waals surface area contributed by atoms with Gasteiger partial charge in [-0.25, -0.2) is 0 Å². The number of anilines is 1. The molecule has 0 heterocycles. The van der Waals surface area contributed by atoms with Crippen molar-refractivity contribution >= 4 is 23.2 Å². The number of hydrogen-bond acceptors (Lipinski definition) is 4. The zero-order chi connectivity index (χ0) is 16.1. The summed E-state index contributed by atoms with van der Waals surface area (Å²) in [5.74, 6) is 0.874. The third-order valence-corrected chi connectivity index (χ3v) is 3.31. The van der Waals surface area contributed by atoms with Crippen molar-refractivity contribution < 1.29 is 19.4 Å². The molecule has 22 heavy (non-hydrogen) atoms. The van der Waals surface area contributed by atoms with Crippen LogP contribution in [0.2, 0.25) is 5.02 Å². The SMILES string of the molecule is COc1ccc(CC(=O)Nc2cc(Cl)ccc2O)c(OC)c1. The summed E-state index contributed by atoms with van der Waals surface area (Å²) in [6, 6.07) is 9.67. The van der Waals surface area contributed by atoms with Crippen molar-refractivity contribution in [1.82, 2.24) is 0 Å². The van der Waals surface area contributed by atoms with E-state index in [-0.39, 0.29) is 23.8 Å². The molecule has 0 aliphatic carbocycles. The highest BCUT2D eigenvalue weighted by Gasteiger charge is 2.12. The van der Waals surface area contributed by atoms with E-state index >= 15 is 0 Å². The van der Waals surface area contributed by atoms with Crippen LogP contribution >= 0.6 is 11.6 Å². The van der Waals surface area contributed by atoms with E-state index in [4.69, 9.17) is 21.1 Å². The van der Waals surface area contributed by atoms with Gasteiger partial charge in [0.25, 0.3) is 0 Å². The van der Waals surface area contributed by atoms with E-state index in [9.17, 15) is 9.90 Å². The second-order valence-corrected chi connectivity index (χ2v) is 5.00. The standard InChI is InChI=1S/C16H16ClNO4/c1-21-12-5-3-10(15(9-12)22-2)7-16(20)18-13-8-11(17)4-6-14(13)19/h3-6,8-9,19H,7H2,1-2H3,(H,18,20). The van der Waals surface area contributed by atoms with Crippen LogP contribution in [0, 0.1) is 0 Å². The molecule has 2 aromatic carbocycles. The summed E-state index contributed by atoms with van der Waals surface area (Å²) >= 11 is 5.85. The number of aromatic hydroxyl groups is 1. The summed E-state index contributed by atoms with van der Waals surface area (Å²) in [7, 11) is 3.09. The number of rotatable bonds is 5. The predicted octanol–water partition coefficient (Wildman–Crippen LogP) is 3.24. The Balaban J connectivity index is 2.13. The summed E-state index contributed by atoms with van der Waals surface area (Å²) in [5, 5.41) is 12.7. The molecule has 1 amide bonds. The molecule has 0 atom stereocenters. The van der Waals surface area contributed by atoms with Gasteiger partial charge in [0.2, 0.25) is 5.91 Å². The first-order valence-electron chi connectivity index (χ1n) is 6.52. The van der Waals surface area contributed by atoms with Crippen molar-refractivity contribution in [3.63, 3.8) is 0 Å². The molecule has 5 nitrogen and oxygen atoms in total. The predicted molar refractivity (Wildman–Crippen MR) is 85.0 cm³/mol. The molecule has 0 aromatic heterocycles. The lowest BCUT2D eigenvalue weighted by atomic mass is 10.1. The normalized spacial score (nSPS) is 10.1. The van der Waals surface area contributed by atoms with E-state index in [0.717, 1.165) is 0 Å². The van der Waals surface area contributed by atoms with E-state index in [0.29, 0.717) is 22.1 Å². The van der Waals surface area contributed by atoms with Crippen LogP contribution in [0.25, 0.3) is 0 Å². The van der Waals surface area contributed by atoms with E-state index < -0.39 is 0 Å². The maximum atomic E-state index is 12.1. The highest BCUT2D eigenvalue weighted by molar-refractivity contribution is 6.31. The first kappa shape index (κ1) is 16.0. The van der Waals surface area contributed by atoms with Crippen molar-refractivity contribution in [3.8, 4) is 17.2 Å². The third kappa shape index (κ3) is 3.83. The second-order valence-electron chi connectivity index (χ2n) is 4.56. The molecule has 0 radical (unpaired) electrons. The fourth-order valence-corrected chi connectivity index (χ4v) is 2.15. The van der Waals surface area contributed by atoms with Crippen LogP contribution in [0.3, 0.4) is 0 Å². The van der Waals surface area contributed by atoms with E-state index in [2.05, 4.69) is 5.32 Å². The maximum absolute atomic E-state index is 12.1. The molecule has 2 rings (SSSR count). The lowest BCUT2D eigenvalue weighted by Gasteiger charge is -2.11. The maximum Gasteiger partial charge on any atom is 0.229 e. The fourth-order valence-electron chi connectivity index (χ4n) is 1.97. The molecular weight excluding hydrogens is 306 g/mol. The van der Waals surface area contributed by atoms with Crippen LogP contribution in [-0.2, 0) is 11.2 Å². The van der Waals surface area contributed by atoms with Crippen LogP contribution < -0.4 is 14.8 Å². The molecule has 0 bridgehead atoms. The topological polar surface area (TPSA) is 67.8 Å². The van der Waals surface area contributed by atoms with Gasteiger partial charge in [0.05, 0.1) is 26.3 Å². The van der Waals surface area contributed by atoms with Gasteiger partial charge >= 0.3 is 0 Å². The fraction of sp³-hybridized carbons (Fsp3) is 0.188. The minimum atomic E-state index is -0.291. The number of carbonyl (C=O) groups is 1.